The predicted molar refractivity (Wildman–Crippen MR) is 117 cm³/mol. The van der Waals surface area contributed by atoms with Crippen molar-refractivity contribution in [2.45, 2.75) is 66.8 Å². The molecule has 1 aromatic carbocycles. The van der Waals surface area contributed by atoms with Crippen molar-refractivity contribution in [3.05, 3.63) is 28.8 Å². The molecular weight excluding hydrogens is 378 g/mol. The molecule has 160 valence electrons. The molecule has 30 heavy (non-hydrogen) atoms. The van der Waals surface area contributed by atoms with Gasteiger partial charge in [-0.3, -0.25) is 19.9 Å². The van der Waals surface area contributed by atoms with Crippen molar-refractivity contribution in [3.8, 4) is 0 Å². The molecule has 0 spiro atoms. The Hall–Kier alpha value is -2.50. The van der Waals surface area contributed by atoms with E-state index in [0.717, 1.165) is 34.4 Å². The van der Waals surface area contributed by atoms with Crippen LogP contribution in [0.3, 0.4) is 0 Å². The number of nitrogens with zero attached hydrogens (tertiary/aromatic N) is 2. The summed E-state index contributed by atoms with van der Waals surface area (Å²) in [5.74, 6) is -1.60. The van der Waals surface area contributed by atoms with Gasteiger partial charge < -0.3 is 0 Å². The highest BCUT2D eigenvalue weighted by Gasteiger charge is 2.61. The first kappa shape index (κ1) is 20.8. The fourth-order valence-electron chi connectivity index (χ4n) is 6.04. The van der Waals surface area contributed by atoms with E-state index in [1.807, 2.05) is 32.9 Å². The van der Waals surface area contributed by atoms with Gasteiger partial charge in [0.15, 0.2) is 5.92 Å². The second-order valence-corrected chi connectivity index (χ2v) is 10.1. The molecule has 4 atom stereocenters. The highest BCUT2D eigenvalue weighted by Crippen LogP contribution is 2.66. The molecule has 3 fully saturated rings. The molecule has 6 nitrogen and oxygen atoms in total. The van der Waals surface area contributed by atoms with E-state index in [1.165, 1.54) is 12.6 Å². The first-order valence-corrected chi connectivity index (χ1v) is 10.8. The summed E-state index contributed by atoms with van der Waals surface area (Å²) in [7, 11) is 0. The number of benzene rings is 1. The van der Waals surface area contributed by atoms with Crippen molar-refractivity contribution in [3.63, 3.8) is 0 Å². The highest BCUT2D eigenvalue weighted by atomic mass is 16.2. The minimum atomic E-state index is -1.09. The summed E-state index contributed by atoms with van der Waals surface area (Å²) < 4.78 is 0. The quantitative estimate of drug-likeness (QED) is 0.603. The van der Waals surface area contributed by atoms with Gasteiger partial charge in [-0.05, 0) is 67.9 Å². The molecule has 1 saturated heterocycles. The number of hydrogen-bond acceptors (Lipinski definition) is 4. The number of amides is 4. The number of carbonyl (C=O) groups excluding carboxylic acids is 3. The van der Waals surface area contributed by atoms with Crippen molar-refractivity contribution >= 4 is 29.7 Å². The predicted octanol–water partition coefficient (Wildman–Crippen LogP) is 4.10. The summed E-state index contributed by atoms with van der Waals surface area (Å²) in [6, 6.07) is 3.26. The van der Waals surface area contributed by atoms with Crippen LogP contribution < -0.4 is 10.2 Å². The topological polar surface area (TPSA) is 78.8 Å². The molecule has 0 radical (unpaired) electrons. The molecule has 1 aliphatic heterocycles. The maximum absolute atomic E-state index is 13.3. The number of urea groups is 1. The van der Waals surface area contributed by atoms with Gasteiger partial charge in [0.1, 0.15) is 0 Å². The molecule has 2 saturated carbocycles. The molecule has 0 aromatic heterocycles. The van der Waals surface area contributed by atoms with Crippen molar-refractivity contribution in [1.29, 1.82) is 0 Å². The summed E-state index contributed by atoms with van der Waals surface area (Å²) in [4.78, 5) is 44.2. The average Bonchev–Trinajstić information content (AvgIpc) is 2.96. The van der Waals surface area contributed by atoms with E-state index in [4.69, 9.17) is 4.99 Å². The van der Waals surface area contributed by atoms with E-state index >= 15 is 0 Å². The van der Waals surface area contributed by atoms with E-state index in [1.54, 1.807) is 0 Å². The molecule has 2 aliphatic carbocycles. The SMILES string of the molecule is Cc1cc(C)c(N2C(=O)NC(=O)[C@H](C=N[C@@H]3C[C@H]4CC[C@@]3(C)C4(C)C)C2=O)c(C)c1. The molecule has 6 heteroatoms. The number of imide groups is 2. The van der Waals surface area contributed by atoms with E-state index in [2.05, 4.69) is 26.1 Å². The van der Waals surface area contributed by atoms with Crippen molar-refractivity contribution in [2.75, 3.05) is 4.90 Å². The average molecular weight is 410 g/mol. The minimum Gasteiger partial charge on any atom is -0.292 e. The Kier molecular flexibility index (Phi) is 4.68. The van der Waals surface area contributed by atoms with Gasteiger partial charge in [0.2, 0.25) is 5.91 Å². The lowest BCUT2D eigenvalue weighted by atomic mass is 9.69. The first-order valence-electron chi connectivity index (χ1n) is 10.8. The molecular formula is C24H31N3O3. The Bertz CT molecular complexity index is 957. The lowest BCUT2D eigenvalue weighted by Gasteiger charge is -2.37. The molecule has 2 bridgehead atoms. The lowest BCUT2D eigenvalue weighted by molar-refractivity contribution is -0.131. The monoisotopic (exact) mass is 409 g/mol. The summed E-state index contributed by atoms with van der Waals surface area (Å²) in [6.07, 6.45) is 4.81. The minimum absolute atomic E-state index is 0.0714. The van der Waals surface area contributed by atoms with Crippen LogP contribution in [0.25, 0.3) is 0 Å². The Morgan fingerprint density at radius 2 is 1.73 bits per heavy atom. The zero-order valence-corrected chi connectivity index (χ0v) is 18.7. The van der Waals surface area contributed by atoms with Crippen molar-refractivity contribution in [2.24, 2.45) is 27.7 Å². The Morgan fingerprint density at radius 3 is 2.27 bits per heavy atom. The van der Waals surface area contributed by atoms with Crippen LogP contribution in [0.15, 0.2) is 17.1 Å². The standard InChI is InChI=1S/C24H31N3O3/c1-13-9-14(2)19(15(3)10-13)27-21(29)17(20(28)26-22(27)30)12-25-18-11-16-7-8-24(18,6)23(16,4)5/h9-10,12,16-18H,7-8,11H2,1-6H3,(H,26,28,30)/t16-,17+,18-,24-/m1/s1. The van der Waals surface area contributed by atoms with Gasteiger partial charge in [0, 0.05) is 6.21 Å². The second kappa shape index (κ2) is 6.76. The Morgan fingerprint density at radius 1 is 1.10 bits per heavy atom. The summed E-state index contributed by atoms with van der Waals surface area (Å²) >= 11 is 0. The van der Waals surface area contributed by atoms with Gasteiger partial charge in [-0.2, -0.15) is 0 Å². The Labute approximate surface area is 178 Å². The van der Waals surface area contributed by atoms with Crippen LogP contribution in [0.1, 0.15) is 56.7 Å². The summed E-state index contributed by atoms with van der Waals surface area (Å²) in [5, 5.41) is 2.35. The number of hydrogen-bond donors (Lipinski definition) is 1. The number of fused-ring (bicyclic) bond motifs is 2. The largest absolute Gasteiger partial charge is 0.335 e. The molecule has 0 unspecified atom stereocenters. The van der Waals surface area contributed by atoms with Gasteiger partial charge in [-0.1, -0.05) is 38.5 Å². The zero-order chi connectivity index (χ0) is 22.0. The zero-order valence-electron chi connectivity index (χ0n) is 18.7. The number of aliphatic imine (C=N–C) groups is 1. The Balaban J connectivity index is 1.64. The van der Waals surface area contributed by atoms with E-state index in [0.29, 0.717) is 11.6 Å². The third-order valence-corrected chi connectivity index (χ3v) is 8.22. The number of carbonyl (C=O) groups is 3. The first-order chi connectivity index (χ1) is 14.0. The number of aryl methyl sites for hydroxylation is 3. The fraction of sp³-hybridized carbons (Fsp3) is 0.583. The van der Waals surface area contributed by atoms with Crippen LogP contribution in [-0.2, 0) is 9.59 Å². The number of rotatable bonds is 3. The van der Waals surface area contributed by atoms with Gasteiger partial charge in [0.25, 0.3) is 5.91 Å². The van der Waals surface area contributed by atoms with Crippen molar-refractivity contribution in [1.82, 2.24) is 5.32 Å². The number of anilines is 1. The maximum atomic E-state index is 13.3. The summed E-state index contributed by atoms with van der Waals surface area (Å²) in [5.41, 5.74) is 3.52. The molecule has 4 amide bonds. The second-order valence-electron chi connectivity index (χ2n) is 10.1. The van der Waals surface area contributed by atoms with Crippen LogP contribution in [-0.4, -0.2) is 30.1 Å². The van der Waals surface area contributed by atoms with Crippen LogP contribution in [0.4, 0.5) is 10.5 Å². The molecule has 4 rings (SSSR count). The number of nitrogens with one attached hydrogen (secondary N) is 1. The summed E-state index contributed by atoms with van der Waals surface area (Å²) in [6.45, 7) is 12.6. The fourth-order valence-corrected chi connectivity index (χ4v) is 6.04. The molecule has 3 aliphatic rings. The van der Waals surface area contributed by atoms with E-state index in [9.17, 15) is 14.4 Å². The van der Waals surface area contributed by atoms with E-state index < -0.39 is 23.8 Å². The third-order valence-electron chi connectivity index (χ3n) is 8.22. The van der Waals surface area contributed by atoms with Crippen LogP contribution in [0.5, 0.6) is 0 Å². The normalized spacial score (nSPS) is 32.9. The smallest absolute Gasteiger partial charge is 0.292 e. The maximum Gasteiger partial charge on any atom is 0.335 e. The lowest BCUT2D eigenvalue weighted by Crippen LogP contribution is -2.59. The molecule has 1 heterocycles. The van der Waals surface area contributed by atoms with Crippen molar-refractivity contribution < 1.29 is 14.4 Å². The van der Waals surface area contributed by atoms with Crippen LogP contribution >= 0.6 is 0 Å². The molecule has 1 N–H and O–H groups in total. The van der Waals surface area contributed by atoms with Crippen LogP contribution in [0.2, 0.25) is 0 Å². The highest BCUT2D eigenvalue weighted by molar-refractivity contribution is 6.33. The van der Waals surface area contributed by atoms with Gasteiger partial charge in [-0.15, -0.1) is 0 Å². The van der Waals surface area contributed by atoms with Crippen LogP contribution in [0, 0.1) is 43.4 Å². The van der Waals surface area contributed by atoms with E-state index in [-0.39, 0.29) is 16.9 Å². The third kappa shape index (κ3) is 2.83. The van der Waals surface area contributed by atoms with Gasteiger partial charge in [0.05, 0.1) is 11.7 Å². The molecule has 1 aromatic rings. The van der Waals surface area contributed by atoms with Gasteiger partial charge >= 0.3 is 6.03 Å². The van der Waals surface area contributed by atoms with Gasteiger partial charge in [-0.25, -0.2) is 9.69 Å². The number of barbiturate groups is 1.